The number of halogens is 4. The van der Waals surface area contributed by atoms with Gasteiger partial charge in [-0.25, -0.2) is 9.97 Å². The number of fused-ring (bicyclic) bond motifs is 8. The van der Waals surface area contributed by atoms with Gasteiger partial charge in [0, 0.05) is 46.2 Å². The van der Waals surface area contributed by atoms with E-state index in [4.69, 9.17) is 56.5 Å². The third-order valence-corrected chi connectivity index (χ3v) is 13.3. The molecule has 4 aromatic heterocycles. The van der Waals surface area contributed by atoms with Gasteiger partial charge in [0.1, 0.15) is 34.6 Å². The van der Waals surface area contributed by atoms with Crippen LogP contribution in [0.25, 0.3) is 55.2 Å². The molecule has 2 aliphatic rings. The topological polar surface area (TPSA) is 79.0 Å². The van der Waals surface area contributed by atoms with Gasteiger partial charge in [-0.15, -0.1) is 35.1 Å². The van der Waals surface area contributed by atoms with Crippen LogP contribution in [-0.2, 0) is 33.0 Å². The van der Waals surface area contributed by atoms with E-state index in [-0.39, 0.29) is 35.2 Å². The van der Waals surface area contributed by atoms with Crippen LogP contribution in [0.3, 0.4) is 0 Å². The summed E-state index contributed by atoms with van der Waals surface area (Å²) in [5, 5.41) is 4.60. The number of para-hydroxylation sites is 6. The zero-order valence-electron chi connectivity index (χ0n) is 43.4. The smallest absolute Gasteiger partial charge is 2.00 e. The zero-order valence-corrected chi connectivity index (χ0v) is 57.2. The molecule has 0 bridgehead atoms. The van der Waals surface area contributed by atoms with Crippen LogP contribution < -0.4 is 39.3 Å². The van der Waals surface area contributed by atoms with Crippen LogP contribution in [0.15, 0.2) is 219 Å². The molecule has 14 rings (SSSR count). The summed E-state index contributed by atoms with van der Waals surface area (Å²) in [6, 6.07) is 75.9. The summed E-state index contributed by atoms with van der Waals surface area (Å²) in [5.74, 6) is 6.23. The molecule has 8 aromatic carbocycles. The summed E-state index contributed by atoms with van der Waals surface area (Å²) in [4.78, 5) is 13.5. The Labute approximate surface area is 543 Å². The Kier molecular flexibility index (Phi) is 20.1. The molecule has 0 radical (unpaired) electrons. The summed E-state index contributed by atoms with van der Waals surface area (Å²) >= 11 is -0.556. The maximum Gasteiger partial charge on any atom is 2.00 e. The van der Waals surface area contributed by atoms with E-state index in [9.17, 15) is 0 Å². The molecule has 20 heteroatoms. The van der Waals surface area contributed by atoms with Crippen molar-refractivity contribution in [1.29, 1.82) is 0 Å². The molecule has 0 saturated heterocycles. The molecule has 6 heterocycles. The summed E-state index contributed by atoms with van der Waals surface area (Å²) in [7, 11) is 23.6. The van der Waals surface area contributed by atoms with E-state index in [1.807, 2.05) is 148 Å². The number of anilines is 2. The Morgan fingerprint density at radius 2 is 0.988 bits per heavy atom. The number of nitrogens with zero attached hydrogens (tertiary/aromatic N) is 6. The number of benzene rings is 8. The standard InChI is InChI=1S/C30H22BN3O2.C30H20BN3O2.4ClH.2K.2Pt/c2*1-33-27-13-4-5-14-29(27)36-31(33)21-9-8-10-22(19-21)35-23-16-17-25-24-11-2-3-12-26(24)34(28(25)20-23)30-15-6-7-18-32-30;;;;;;;;/h2-20H,1H3;2-18H,1H3;4*1H;;;;/q;-2;;;;;;;+2;+4/p-4. The molecule has 0 aliphatic carbocycles. The van der Waals surface area contributed by atoms with Crippen molar-refractivity contribution in [1.82, 2.24) is 19.1 Å². The van der Waals surface area contributed by atoms with Crippen LogP contribution in [0.4, 0.5) is 11.4 Å². The van der Waals surface area contributed by atoms with Gasteiger partial charge in [0.15, 0.2) is 0 Å². The summed E-state index contributed by atoms with van der Waals surface area (Å²) in [6.45, 7) is 0. The van der Waals surface area contributed by atoms with Gasteiger partial charge < -0.3 is 33.0 Å². The van der Waals surface area contributed by atoms with E-state index in [1.165, 1.54) is 68.5 Å². The van der Waals surface area contributed by atoms with E-state index < -0.39 is 11.9 Å². The largest absolute Gasteiger partial charge is 2.00 e. The monoisotopic (exact) mass is 1540 g/mol. The molecule has 0 unspecified atom stereocenters. The molecular weight excluding hydrogens is 1500 g/mol. The Morgan fingerprint density at radius 1 is 0.475 bits per heavy atom. The first-order chi connectivity index (χ1) is 38.5. The van der Waals surface area contributed by atoms with E-state index in [1.54, 1.807) is 6.20 Å². The quantitative estimate of drug-likeness (QED) is 0.110. The Hall–Kier alpha value is -3.60. The molecule has 0 amide bonds. The first kappa shape index (κ1) is 59.6. The first-order valence-electron chi connectivity index (χ1n) is 25.3. The fourth-order valence-electron chi connectivity index (χ4n) is 9.97. The van der Waals surface area contributed by atoms with Gasteiger partial charge in [0.05, 0.1) is 22.4 Å². The van der Waals surface area contributed by atoms with Crippen LogP contribution in [0, 0.1) is 12.1 Å². The first-order valence-corrected chi connectivity index (χ1v) is 52.5. The van der Waals surface area contributed by atoms with Crippen molar-refractivity contribution >= 4 is 181 Å². The van der Waals surface area contributed by atoms with Crippen molar-refractivity contribution in [3.8, 4) is 46.1 Å². The second-order valence-electron chi connectivity index (χ2n) is 18.0. The second kappa shape index (κ2) is 27.0. The Morgan fingerprint density at radius 3 is 1.64 bits per heavy atom. The molecule has 0 atom stereocenters. The average molecular weight is 1540 g/mol. The van der Waals surface area contributed by atoms with Crippen molar-refractivity contribution in [2.45, 2.75) is 0 Å². The van der Waals surface area contributed by atoms with E-state index >= 15 is 0 Å². The predicted molar refractivity (Wildman–Crippen MR) is 324 cm³/mol. The molecule has 0 saturated carbocycles. The minimum Gasteiger partial charge on any atom is 2.00 e. The SMILES string of the molecule is CN1B(c2[c-]c(Oc3[c-]c4c(cc3)c3ccccc3n4-c3ccccn3)ccc2)Oc2ccccc21.CN1B(c2cccc(Oc3ccc4c5ccccc5n(-c5ccccn5)c4c3)c2)Oc2ccccc21.[Cl][Pt]([Cl])([Cl])[Cl].[K][K].[Pt+2]. The number of aromatic nitrogens is 4. The van der Waals surface area contributed by atoms with Gasteiger partial charge >= 0.3 is 148 Å². The van der Waals surface area contributed by atoms with Crippen molar-refractivity contribution in [2.24, 2.45) is 0 Å². The molecule has 392 valence electrons. The third kappa shape index (κ3) is 13.2. The van der Waals surface area contributed by atoms with E-state index in [2.05, 4.69) is 120 Å². The maximum atomic E-state index is 6.38. The number of hydrogen-bond acceptors (Lipinski definition) is 8. The van der Waals surface area contributed by atoms with Gasteiger partial charge in [-0.05, 0) is 110 Å². The average Bonchev–Trinajstić information content (AvgIpc) is 4.26. The second-order valence-corrected chi connectivity index (χ2v) is 37.7. The fraction of sp³-hybridized carbons (Fsp3) is 0.0333. The van der Waals surface area contributed by atoms with Crippen molar-refractivity contribution < 1.29 is 51.7 Å². The number of hydrogen-bond donors (Lipinski definition) is 0. The molecule has 10 nitrogen and oxygen atoms in total. The van der Waals surface area contributed by atoms with Crippen molar-refractivity contribution in [2.75, 3.05) is 23.7 Å². The van der Waals surface area contributed by atoms with Crippen molar-refractivity contribution in [3.05, 3.63) is 231 Å². The number of rotatable bonds is 8. The predicted octanol–water partition coefficient (Wildman–Crippen LogP) is 14.0. The van der Waals surface area contributed by atoms with Crippen LogP contribution >= 0.6 is 37.7 Å². The zero-order chi connectivity index (χ0) is 54.6. The Bertz CT molecular complexity index is 3870. The van der Waals surface area contributed by atoms with Gasteiger partial charge in [-0.3, -0.25) is 4.57 Å². The van der Waals surface area contributed by atoms with Gasteiger partial charge in [-0.2, -0.15) is 18.2 Å². The normalized spacial score (nSPS) is 12.5. The van der Waals surface area contributed by atoms with Gasteiger partial charge in [-0.1, -0.05) is 90.4 Å². The van der Waals surface area contributed by atoms with Crippen LogP contribution in [0.5, 0.6) is 34.5 Å². The van der Waals surface area contributed by atoms with E-state index in [0.717, 1.165) is 95.2 Å². The van der Waals surface area contributed by atoms with Gasteiger partial charge in [0.25, 0.3) is 0 Å². The molecule has 12 aromatic rings. The maximum absolute atomic E-state index is 6.38. The molecule has 0 fully saturated rings. The molecule has 0 N–H and O–H groups in total. The summed E-state index contributed by atoms with van der Waals surface area (Å²) < 4.78 is 29.4. The van der Waals surface area contributed by atoms with Crippen LogP contribution in [-0.4, -0.2) is 110 Å². The third-order valence-electron chi connectivity index (χ3n) is 13.3. The molecule has 2 aliphatic heterocycles. The summed E-state index contributed by atoms with van der Waals surface area (Å²) in [5.41, 5.74) is 8.24. The van der Waals surface area contributed by atoms with Crippen LogP contribution in [0.2, 0.25) is 0 Å². The molecular formula is C60H42B2Cl4K2N6O4Pt2. The number of pyridine rings is 2. The van der Waals surface area contributed by atoms with E-state index in [0.29, 0.717) is 11.5 Å². The minimum atomic E-state index is -3.06. The van der Waals surface area contributed by atoms with Crippen LogP contribution in [0.1, 0.15) is 0 Å². The molecule has 0 spiro atoms. The van der Waals surface area contributed by atoms with Crippen molar-refractivity contribution in [3.63, 3.8) is 0 Å². The molecule has 80 heavy (non-hydrogen) atoms. The summed E-state index contributed by atoms with van der Waals surface area (Å²) in [6.07, 6.45) is 3.62. The minimum absolute atomic E-state index is 0. The Balaban J connectivity index is 0.000000160. The fourth-order valence-corrected chi connectivity index (χ4v) is 9.97. The number of ether oxygens (including phenoxy) is 2. The van der Waals surface area contributed by atoms with Gasteiger partial charge in [0.2, 0.25) is 0 Å².